The standard InChI is InChI=1S/C14H13ClN2O2/c1-19-13-10(15)6-4-8-12(13)17-14(18)9-5-2-3-7-11(9)16/h2-8H,16H2,1H3,(H,17,18). The van der Waals surface area contributed by atoms with E-state index in [1.807, 2.05) is 0 Å². The number of nitrogens with one attached hydrogen (secondary N) is 1. The number of carbonyl (C=O) groups excluding carboxylic acids is 1. The monoisotopic (exact) mass is 276 g/mol. The van der Waals surface area contributed by atoms with Crippen molar-refractivity contribution in [2.45, 2.75) is 0 Å². The lowest BCUT2D eigenvalue weighted by atomic mass is 10.1. The van der Waals surface area contributed by atoms with E-state index in [1.165, 1.54) is 7.11 Å². The van der Waals surface area contributed by atoms with E-state index in [1.54, 1.807) is 42.5 Å². The van der Waals surface area contributed by atoms with Gasteiger partial charge in [-0.3, -0.25) is 4.79 Å². The highest BCUT2D eigenvalue weighted by molar-refractivity contribution is 6.32. The van der Waals surface area contributed by atoms with Crippen LogP contribution in [0.2, 0.25) is 5.02 Å². The fourth-order valence-corrected chi connectivity index (χ4v) is 1.96. The van der Waals surface area contributed by atoms with Crippen molar-refractivity contribution in [1.82, 2.24) is 0 Å². The number of halogens is 1. The molecule has 1 amide bonds. The second-order valence-corrected chi connectivity index (χ2v) is 4.27. The number of rotatable bonds is 3. The molecule has 5 heteroatoms. The number of hydrogen-bond donors (Lipinski definition) is 2. The fourth-order valence-electron chi connectivity index (χ4n) is 1.71. The molecule has 0 spiro atoms. The van der Waals surface area contributed by atoms with Crippen LogP contribution in [0.3, 0.4) is 0 Å². The second-order valence-electron chi connectivity index (χ2n) is 3.86. The summed E-state index contributed by atoms with van der Waals surface area (Å²) in [6, 6.07) is 12.0. The molecule has 0 aliphatic heterocycles. The number of hydrogen-bond acceptors (Lipinski definition) is 3. The van der Waals surface area contributed by atoms with Crippen molar-refractivity contribution >= 4 is 28.9 Å². The van der Waals surface area contributed by atoms with Crippen LogP contribution in [0, 0.1) is 0 Å². The smallest absolute Gasteiger partial charge is 0.257 e. The first kappa shape index (κ1) is 13.2. The first-order valence-electron chi connectivity index (χ1n) is 5.62. The molecule has 0 aliphatic carbocycles. The Hall–Kier alpha value is -2.20. The number of para-hydroxylation sites is 2. The number of methoxy groups -OCH3 is 1. The lowest BCUT2D eigenvalue weighted by Crippen LogP contribution is -2.14. The summed E-state index contributed by atoms with van der Waals surface area (Å²) in [6.07, 6.45) is 0. The molecule has 0 atom stereocenters. The number of nitrogens with two attached hydrogens (primary N) is 1. The molecule has 3 N–H and O–H groups in total. The van der Waals surface area contributed by atoms with Gasteiger partial charge in [0.2, 0.25) is 0 Å². The van der Waals surface area contributed by atoms with Crippen LogP contribution < -0.4 is 15.8 Å². The molecule has 2 aromatic carbocycles. The zero-order valence-electron chi connectivity index (χ0n) is 10.3. The summed E-state index contributed by atoms with van der Waals surface area (Å²) >= 11 is 5.99. The summed E-state index contributed by atoms with van der Waals surface area (Å²) < 4.78 is 5.17. The fraction of sp³-hybridized carbons (Fsp3) is 0.0714. The maximum absolute atomic E-state index is 12.1. The minimum absolute atomic E-state index is 0.307. The van der Waals surface area contributed by atoms with Crippen molar-refractivity contribution in [1.29, 1.82) is 0 Å². The second kappa shape index (κ2) is 5.63. The van der Waals surface area contributed by atoms with E-state index in [4.69, 9.17) is 22.1 Å². The Morgan fingerprint density at radius 1 is 1.21 bits per heavy atom. The quantitative estimate of drug-likeness (QED) is 0.846. The van der Waals surface area contributed by atoms with Crippen LogP contribution in [0.15, 0.2) is 42.5 Å². The molecule has 0 heterocycles. The Morgan fingerprint density at radius 3 is 2.63 bits per heavy atom. The normalized spacial score (nSPS) is 10.0. The van der Waals surface area contributed by atoms with E-state index >= 15 is 0 Å². The van der Waals surface area contributed by atoms with Crippen LogP contribution in [0.5, 0.6) is 5.75 Å². The first-order valence-corrected chi connectivity index (χ1v) is 5.99. The Labute approximate surface area is 116 Å². The molecule has 4 nitrogen and oxygen atoms in total. The highest BCUT2D eigenvalue weighted by Crippen LogP contribution is 2.32. The van der Waals surface area contributed by atoms with Gasteiger partial charge in [0, 0.05) is 5.69 Å². The van der Waals surface area contributed by atoms with Gasteiger partial charge in [-0.2, -0.15) is 0 Å². The predicted octanol–water partition coefficient (Wildman–Crippen LogP) is 3.18. The van der Waals surface area contributed by atoms with Gasteiger partial charge < -0.3 is 15.8 Å². The van der Waals surface area contributed by atoms with E-state index in [2.05, 4.69) is 5.32 Å². The van der Waals surface area contributed by atoms with Gasteiger partial charge in [0.25, 0.3) is 5.91 Å². The molecule has 0 radical (unpaired) electrons. The topological polar surface area (TPSA) is 64.3 Å². The van der Waals surface area contributed by atoms with Gasteiger partial charge in [-0.15, -0.1) is 0 Å². The lowest BCUT2D eigenvalue weighted by molar-refractivity contribution is 0.102. The van der Waals surface area contributed by atoms with Crippen LogP contribution in [0.4, 0.5) is 11.4 Å². The highest BCUT2D eigenvalue weighted by atomic mass is 35.5. The third-order valence-corrected chi connectivity index (χ3v) is 2.92. The van der Waals surface area contributed by atoms with Crippen LogP contribution in [0.25, 0.3) is 0 Å². The van der Waals surface area contributed by atoms with Crippen LogP contribution in [-0.2, 0) is 0 Å². The average molecular weight is 277 g/mol. The number of nitrogen functional groups attached to an aromatic ring is 1. The molecule has 19 heavy (non-hydrogen) atoms. The summed E-state index contributed by atoms with van der Waals surface area (Å²) in [5.74, 6) is 0.116. The Balaban J connectivity index is 2.30. The third kappa shape index (κ3) is 2.80. The van der Waals surface area contributed by atoms with E-state index in [9.17, 15) is 4.79 Å². The van der Waals surface area contributed by atoms with E-state index in [-0.39, 0.29) is 5.91 Å². The minimum atomic E-state index is -0.307. The molecule has 0 saturated carbocycles. The third-order valence-electron chi connectivity index (χ3n) is 2.62. The van der Waals surface area contributed by atoms with Crippen LogP contribution in [-0.4, -0.2) is 13.0 Å². The first-order chi connectivity index (χ1) is 9.13. The molecule has 0 aliphatic rings. The van der Waals surface area contributed by atoms with Crippen LogP contribution >= 0.6 is 11.6 Å². The molecule has 0 saturated heterocycles. The summed E-state index contributed by atoms with van der Waals surface area (Å²) in [4.78, 5) is 12.1. The van der Waals surface area contributed by atoms with Crippen LogP contribution in [0.1, 0.15) is 10.4 Å². The summed E-state index contributed by atoms with van der Waals surface area (Å²) in [6.45, 7) is 0. The molecule has 0 fully saturated rings. The maximum atomic E-state index is 12.1. The van der Waals surface area contributed by atoms with Crippen molar-refractivity contribution in [3.63, 3.8) is 0 Å². The summed E-state index contributed by atoms with van der Waals surface area (Å²) in [5.41, 5.74) is 7.09. The van der Waals surface area contributed by atoms with Gasteiger partial charge in [0.15, 0.2) is 5.75 Å². The molecule has 0 aromatic heterocycles. The molecular weight excluding hydrogens is 264 g/mol. The van der Waals surface area contributed by atoms with E-state index in [0.29, 0.717) is 27.7 Å². The molecule has 2 rings (SSSR count). The summed E-state index contributed by atoms with van der Waals surface area (Å²) in [7, 11) is 1.49. The zero-order chi connectivity index (χ0) is 13.8. The SMILES string of the molecule is COc1c(Cl)cccc1NC(=O)c1ccccc1N. The molecule has 2 aromatic rings. The van der Waals surface area contributed by atoms with Crippen molar-refractivity contribution in [3.8, 4) is 5.75 Å². The van der Waals surface area contributed by atoms with Gasteiger partial charge >= 0.3 is 0 Å². The Bertz CT molecular complexity index is 614. The van der Waals surface area contributed by atoms with Gasteiger partial charge in [-0.25, -0.2) is 0 Å². The van der Waals surface area contributed by atoms with E-state index in [0.717, 1.165) is 0 Å². The lowest BCUT2D eigenvalue weighted by Gasteiger charge is -2.12. The zero-order valence-corrected chi connectivity index (χ0v) is 11.1. The number of carbonyl (C=O) groups is 1. The Morgan fingerprint density at radius 2 is 1.95 bits per heavy atom. The number of benzene rings is 2. The number of amides is 1. The molecule has 0 unspecified atom stereocenters. The van der Waals surface area contributed by atoms with Gasteiger partial charge in [0.05, 0.1) is 23.4 Å². The van der Waals surface area contributed by atoms with E-state index < -0.39 is 0 Å². The predicted molar refractivity (Wildman–Crippen MR) is 76.8 cm³/mol. The molecule has 98 valence electrons. The molecular formula is C14H13ClN2O2. The largest absolute Gasteiger partial charge is 0.493 e. The number of anilines is 2. The highest BCUT2D eigenvalue weighted by Gasteiger charge is 2.13. The van der Waals surface area contributed by atoms with Gasteiger partial charge in [-0.1, -0.05) is 29.8 Å². The number of ether oxygens (including phenoxy) is 1. The minimum Gasteiger partial charge on any atom is -0.493 e. The Kier molecular flexibility index (Phi) is 3.92. The maximum Gasteiger partial charge on any atom is 0.257 e. The summed E-state index contributed by atoms with van der Waals surface area (Å²) in [5, 5.41) is 3.16. The molecule has 0 bridgehead atoms. The van der Waals surface area contributed by atoms with Crippen molar-refractivity contribution in [3.05, 3.63) is 53.1 Å². The van der Waals surface area contributed by atoms with Gasteiger partial charge in [0.1, 0.15) is 0 Å². The van der Waals surface area contributed by atoms with Crippen molar-refractivity contribution < 1.29 is 9.53 Å². The van der Waals surface area contributed by atoms with Crippen molar-refractivity contribution in [2.75, 3.05) is 18.2 Å². The van der Waals surface area contributed by atoms with Crippen molar-refractivity contribution in [2.24, 2.45) is 0 Å². The van der Waals surface area contributed by atoms with Gasteiger partial charge in [-0.05, 0) is 24.3 Å². The average Bonchev–Trinajstić information content (AvgIpc) is 2.39.